The van der Waals surface area contributed by atoms with Crippen LogP contribution >= 0.6 is 11.8 Å². The Morgan fingerprint density at radius 3 is 2.71 bits per heavy atom. The molecule has 1 N–H and O–H groups in total. The van der Waals surface area contributed by atoms with Gasteiger partial charge in [0.2, 0.25) is 5.91 Å². The fourth-order valence-corrected chi connectivity index (χ4v) is 2.53. The second kappa shape index (κ2) is 6.30. The lowest BCUT2D eigenvalue weighted by atomic mass is 10.2. The topological polar surface area (TPSA) is 32.3 Å². The highest BCUT2D eigenvalue weighted by Gasteiger charge is 2.18. The summed E-state index contributed by atoms with van der Waals surface area (Å²) in [4.78, 5) is 13.8. The third-order valence-electron chi connectivity index (χ3n) is 2.40. The lowest BCUT2D eigenvalue weighted by Gasteiger charge is -2.27. The van der Waals surface area contributed by atoms with Gasteiger partial charge in [-0.25, -0.2) is 0 Å². The van der Waals surface area contributed by atoms with Gasteiger partial charge in [-0.05, 0) is 13.5 Å². The molecule has 3 nitrogen and oxygen atoms in total. The van der Waals surface area contributed by atoms with E-state index in [1.165, 1.54) is 0 Å². The van der Waals surface area contributed by atoms with Gasteiger partial charge in [0.1, 0.15) is 0 Å². The van der Waals surface area contributed by atoms with Crippen LogP contribution in [0.1, 0.15) is 20.3 Å². The van der Waals surface area contributed by atoms with Gasteiger partial charge in [0.15, 0.2) is 0 Å². The molecule has 82 valence electrons. The van der Waals surface area contributed by atoms with Crippen molar-refractivity contribution in [2.24, 2.45) is 0 Å². The number of nitrogens with one attached hydrogen (secondary N) is 1. The Morgan fingerprint density at radius 1 is 1.50 bits per heavy atom. The molecule has 1 unspecified atom stereocenters. The second-order valence-electron chi connectivity index (χ2n) is 3.66. The van der Waals surface area contributed by atoms with Crippen LogP contribution in [-0.2, 0) is 4.79 Å². The standard InChI is InChI=1S/C10H20N2OS/c1-3-11-9(2)8-10(13)12-4-6-14-7-5-12/h9,11H,3-8H2,1-2H3. The monoisotopic (exact) mass is 216 g/mol. The van der Waals surface area contributed by atoms with Crippen LogP contribution in [0.3, 0.4) is 0 Å². The molecule has 0 saturated carbocycles. The van der Waals surface area contributed by atoms with E-state index in [-0.39, 0.29) is 0 Å². The van der Waals surface area contributed by atoms with Gasteiger partial charge in [-0.2, -0.15) is 11.8 Å². The molecule has 1 aliphatic heterocycles. The first-order valence-corrected chi connectivity index (χ1v) is 6.48. The first kappa shape index (κ1) is 11.9. The summed E-state index contributed by atoms with van der Waals surface area (Å²) in [5.74, 6) is 2.50. The van der Waals surface area contributed by atoms with E-state index in [2.05, 4.69) is 19.2 Å². The fourth-order valence-electron chi connectivity index (χ4n) is 1.62. The maximum absolute atomic E-state index is 11.8. The molecule has 0 aromatic heterocycles. The first-order valence-electron chi connectivity index (χ1n) is 5.33. The number of carbonyl (C=O) groups excluding carboxylic acids is 1. The van der Waals surface area contributed by atoms with Crippen molar-refractivity contribution in [3.8, 4) is 0 Å². The zero-order chi connectivity index (χ0) is 10.4. The van der Waals surface area contributed by atoms with Crippen molar-refractivity contribution in [2.45, 2.75) is 26.3 Å². The molecular weight excluding hydrogens is 196 g/mol. The summed E-state index contributed by atoms with van der Waals surface area (Å²) in [6, 6.07) is 0.307. The maximum atomic E-state index is 11.8. The Labute approximate surface area is 90.6 Å². The third-order valence-corrected chi connectivity index (χ3v) is 3.34. The van der Waals surface area contributed by atoms with Gasteiger partial charge >= 0.3 is 0 Å². The molecule has 14 heavy (non-hydrogen) atoms. The van der Waals surface area contributed by atoms with Crippen LogP contribution in [-0.4, -0.2) is 48.0 Å². The maximum Gasteiger partial charge on any atom is 0.224 e. The van der Waals surface area contributed by atoms with Gasteiger partial charge in [-0.3, -0.25) is 4.79 Å². The van der Waals surface area contributed by atoms with Crippen LogP contribution in [0.25, 0.3) is 0 Å². The molecule has 0 bridgehead atoms. The molecule has 0 spiro atoms. The van der Waals surface area contributed by atoms with Gasteiger partial charge in [0.25, 0.3) is 0 Å². The van der Waals surface area contributed by atoms with Gasteiger partial charge in [0.05, 0.1) is 0 Å². The quantitative estimate of drug-likeness (QED) is 0.759. The van der Waals surface area contributed by atoms with E-state index in [9.17, 15) is 4.79 Å². The number of thioether (sulfide) groups is 1. The first-order chi connectivity index (χ1) is 6.74. The predicted molar refractivity (Wildman–Crippen MR) is 61.7 cm³/mol. The molecule has 0 aromatic carbocycles. The lowest BCUT2D eigenvalue weighted by molar-refractivity contribution is -0.131. The number of rotatable bonds is 4. The molecule has 0 radical (unpaired) electrons. The van der Waals surface area contributed by atoms with Crippen LogP contribution < -0.4 is 5.32 Å². The Hall–Kier alpha value is -0.220. The van der Waals surface area contributed by atoms with Gasteiger partial charge < -0.3 is 10.2 Å². The fraction of sp³-hybridized carbons (Fsp3) is 0.900. The number of hydrogen-bond acceptors (Lipinski definition) is 3. The second-order valence-corrected chi connectivity index (χ2v) is 4.88. The molecular formula is C10H20N2OS. The molecule has 1 aliphatic rings. The van der Waals surface area contributed by atoms with Crippen molar-refractivity contribution in [3.05, 3.63) is 0 Å². The predicted octanol–water partition coefficient (Wildman–Crippen LogP) is 0.950. The summed E-state index contributed by atoms with van der Waals surface area (Å²) in [7, 11) is 0. The molecule has 1 amide bonds. The van der Waals surface area contributed by atoms with Crippen molar-refractivity contribution in [1.82, 2.24) is 10.2 Å². The van der Waals surface area contributed by atoms with Gasteiger partial charge in [0, 0.05) is 37.1 Å². The lowest BCUT2D eigenvalue weighted by Crippen LogP contribution is -2.41. The zero-order valence-electron chi connectivity index (χ0n) is 9.08. The molecule has 0 aliphatic carbocycles. The van der Waals surface area contributed by atoms with Crippen molar-refractivity contribution >= 4 is 17.7 Å². The molecule has 1 fully saturated rings. The molecule has 1 saturated heterocycles. The minimum Gasteiger partial charge on any atom is -0.341 e. The highest BCUT2D eigenvalue weighted by Crippen LogP contribution is 2.10. The summed E-state index contributed by atoms with van der Waals surface area (Å²) in [5.41, 5.74) is 0. The molecule has 1 atom stereocenters. The highest BCUT2D eigenvalue weighted by molar-refractivity contribution is 7.99. The van der Waals surface area contributed by atoms with Crippen molar-refractivity contribution in [2.75, 3.05) is 31.1 Å². The summed E-state index contributed by atoms with van der Waals surface area (Å²) in [6.45, 7) is 6.94. The minimum atomic E-state index is 0.304. The van der Waals surface area contributed by atoms with E-state index in [0.29, 0.717) is 18.4 Å². The Bertz CT molecular complexity index is 181. The summed E-state index contributed by atoms with van der Waals surface area (Å²) in [5, 5.41) is 3.26. The number of hydrogen-bond donors (Lipinski definition) is 1. The Kier molecular flexibility index (Phi) is 5.33. The summed E-state index contributed by atoms with van der Waals surface area (Å²) >= 11 is 1.94. The van der Waals surface area contributed by atoms with Crippen LogP contribution in [0.4, 0.5) is 0 Å². The Balaban J connectivity index is 2.25. The number of carbonyl (C=O) groups is 1. The molecule has 1 rings (SSSR count). The number of nitrogens with zero attached hydrogens (tertiary/aromatic N) is 1. The van der Waals surface area contributed by atoms with Crippen LogP contribution in [0.5, 0.6) is 0 Å². The molecule has 1 heterocycles. The average Bonchev–Trinajstić information content (AvgIpc) is 2.19. The average molecular weight is 216 g/mol. The largest absolute Gasteiger partial charge is 0.341 e. The van der Waals surface area contributed by atoms with Crippen molar-refractivity contribution in [3.63, 3.8) is 0 Å². The third kappa shape index (κ3) is 3.88. The molecule has 0 aromatic rings. The van der Waals surface area contributed by atoms with E-state index in [0.717, 1.165) is 31.1 Å². The smallest absolute Gasteiger partial charge is 0.224 e. The van der Waals surface area contributed by atoms with E-state index in [4.69, 9.17) is 0 Å². The highest BCUT2D eigenvalue weighted by atomic mass is 32.2. The van der Waals surface area contributed by atoms with Crippen LogP contribution in [0.15, 0.2) is 0 Å². The van der Waals surface area contributed by atoms with E-state index >= 15 is 0 Å². The van der Waals surface area contributed by atoms with Gasteiger partial charge in [-0.1, -0.05) is 6.92 Å². The normalized spacial score (nSPS) is 19.4. The van der Waals surface area contributed by atoms with Crippen LogP contribution in [0.2, 0.25) is 0 Å². The summed E-state index contributed by atoms with van der Waals surface area (Å²) < 4.78 is 0. The summed E-state index contributed by atoms with van der Waals surface area (Å²) in [6.07, 6.45) is 0.637. The van der Waals surface area contributed by atoms with E-state index < -0.39 is 0 Å². The van der Waals surface area contributed by atoms with Crippen molar-refractivity contribution < 1.29 is 4.79 Å². The SMILES string of the molecule is CCNC(C)CC(=O)N1CCSCC1. The molecule has 4 heteroatoms. The number of amides is 1. The van der Waals surface area contributed by atoms with E-state index in [1.54, 1.807) is 0 Å². The Morgan fingerprint density at radius 2 is 2.14 bits per heavy atom. The van der Waals surface area contributed by atoms with Crippen LogP contribution in [0, 0.1) is 0 Å². The van der Waals surface area contributed by atoms with Crippen molar-refractivity contribution in [1.29, 1.82) is 0 Å². The van der Waals surface area contributed by atoms with E-state index in [1.807, 2.05) is 16.7 Å². The minimum absolute atomic E-state index is 0.304. The zero-order valence-corrected chi connectivity index (χ0v) is 9.90. The van der Waals surface area contributed by atoms with Gasteiger partial charge in [-0.15, -0.1) is 0 Å².